The summed E-state index contributed by atoms with van der Waals surface area (Å²) in [6.45, 7) is 4.67. The molecule has 3 unspecified atom stereocenters. The number of guanidine groups is 1. The molecule has 1 aromatic heterocycles. The van der Waals surface area contributed by atoms with Crippen LogP contribution >= 0.6 is 0 Å². The van der Waals surface area contributed by atoms with Crippen LogP contribution in [0.3, 0.4) is 0 Å². The molecule has 26 heavy (non-hydrogen) atoms. The lowest BCUT2D eigenvalue weighted by Crippen LogP contribution is -2.46. The van der Waals surface area contributed by atoms with Gasteiger partial charge in [0, 0.05) is 34.9 Å². The number of nitrogens with one attached hydrogen (secondary N) is 3. The third kappa shape index (κ3) is 4.63. The predicted molar refractivity (Wildman–Crippen MR) is 109 cm³/mol. The molecule has 3 N–H and O–H groups in total. The third-order valence-corrected chi connectivity index (χ3v) is 6.70. The Kier molecular flexibility index (Phi) is 6.29. The number of nitrogens with zero attached hydrogens (tertiary/aromatic N) is 2. The molecule has 1 aliphatic carbocycles. The van der Waals surface area contributed by atoms with Gasteiger partial charge < -0.3 is 15.6 Å². The summed E-state index contributed by atoms with van der Waals surface area (Å²) in [5, 5.41) is 7.13. The maximum Gasteiger partial charge on any atom is 0.191 e. The first kappa shape index (κ1) is 18.9. The molecule has 6 nitrogen and oxygen atoms in total. The normalized spacial score (nSPS) is 22.3. The second-order valence-electron chi connectivity index (χ2n) is 6.93. The number of aromatic nitrogens is 2. The Morgan fingerprint density at radius 2 is 2.27 bits per heavy atom. The summed E-state index contributed by atoms with van der Waals surface area (Å²) in [5.74, 6) is 2.41. The smallest absolute Gasteiger partial charge is 0.191 e. The van der Waals surface area contributed by atoms with Crippen molar-refractivity contribution in [1.29, 1.82) is 0 Å². The minimum atomic E-state index is -0.711. The Morgan fingerprint density at radius 1 is 1.42 bits per heavy atom. The summed E-state index contributed by atoms with van der Waals surface area (Å²) in [4.78, 5) is 12.3. The van der Waals surface area contributed by atoms with Crippen molar-refractivity contribution in [3.63, 3.8) is 0 Å². The molecule has 0 radical (unpaired) electrons. The van der Waals surface area contributed by atoms with Crippen molar-refractivity contribution in [3.8, 4) is 0 Å². The molecule has 7 heteroatoms. The standard InChI is InChI=1S/C19H29N5OS/c1-4-26(25)15-7-5-6-14(11-15)22-19(20-3)21-12-18-23-16-9-8-13(2)10-17(16)24-18/h8-10,14-15H,4-7,11-12H2,1-3H3,(H,23,24)(H2,20,21,22). The minimum Gasteiger partial charge on any atom is -0.354 e. The molecule has 0 bridgehead atoms. The second kappa shape index (κ2) is 8.66. The maximum absolute atomic E-state index is 12.1. The van der Waals surface area contributed by atoms with Gasteiger partial charge in [0.15, 0.2) is 5.96 Å². The van der Waals surface area contributed by atoms with Gasteiger partial charge in [0.25, 0.3) is 0 Å². The number of hydrogen-bond donors (Lipinski definition) is 3. The van der Waals surface area contributed by atoms with E-state index in [1.807, 2.05) is 13.0 Å². The van der Waals surface area contributed by atoms with E-state index in [0.717, 1.165) is 54.3 Å². The molecule has 0 spiro atoms. The van der Waals surface area contributed by atoms with E-state index in [1.165, 1.54) is 5.56 Å². The molecule has 2 aromatic rings. The van der Waals surface area contributed by atoms with Gasteiger partial charge in [-0.2, -0.15) is 0 Å². The zero-order chi connectivity index (χ0) is 18.5. The number of H-pyrrole nitrogens is 1. The van der Waals surface area contributed by atoms with E-state index in [1.54, 1.807) is 7.05 Å². The average Bonchev–Trinajstić information content (AvgIpc) is 3.06. The molecule has 3 rings (SSSR count). The number of hydrogen-bond acceptors (Lipinski definition) is 3. The Labute approximate surface area is 157 Å². The SMILES string of the molecule is CCS(=O)C1CCCC(NC(=NC)NCc2nc3ccc(C)cc3[nH]2)C1. The number of rotatable bonds is 5. The van der Waals surface area contributed by atoms with Crippen molar-refractivity contribution in [3.05, 3.63) is 29.6 Å². The molecule has 1 fully saturated rings. The fraction of sp³-hybridized carbons (Fsp3) is 0.579. The fourth-order valence-corrected chi connectivity index (χ4v) is 4.91. The molecule has 1 heterocycles. The van der Waals surface area contributed by atoms with Crippen molar-refractivity contribution in [1.82, 2.24) is 20.6 Å². The van der Waals surface area contributed by atoms with E-state index in [9.17, 15) is 4.21 Å². The van der Waals surface area contributed by atoms with Gasteiger partial charge >= 0.3 is 0 Å². The van der Waals surface area contributed by atoms with Crippen LogP contribution in [0.15, 0.2) is 23.2 Å². The van der Waals surface area contributed by atoms with Gasteiger partial charge in [0.1, 0.15) is 5.82 Å². The van der Waals surface area contributed by atoms with Crippen molar-refractivity contribution in [2.75, 3.05) is 12.8 Å². The topological polar surface area (TPSA) is 82.2 Å². The van der Waals surface area contributed by atoms with Gasteiger partial charge in [-0.1, -0.05) is 19.4 Å². The van der Waals surface area contributed by atoms with Gasteiger partial charge in [0.05, 0.1) is 17.6 Å². The lowest BCUT2D eigenvalue weighted by Gasteiger charge is -2.30. The fourth-order valence-electron chi connectivity index (χ4n) is 3.57. The Hall–Kier alpha value is -1.89. The number of fused-ring (bicyclic) bond motifs is 1. The first-order chi connectivity index (χ1) is 12.6. The largest absolute Gasteiger partial charge is 0.354 e. The van der Waals surface area contributed by atoms with E-state index in [2.05, 4.69) is 44.7 Å². The van der Waals surface area contributed by atoms with Gasteiger partial charge in [0.2, 0.25) is 0 Å². The summed E-state index contributed by atoms with van der Waals surface area (Å²) in [7, 11) is 1.07. The van der Waals surface area contributed by atoms with E-state index < -0.39 is 10.8 Å². The highest BCUT2D eigenvalue weighted by molar-refractivity contribution is 7.85. The van der Waals surface area contributed by atoms with Gasteiger partial charge in [-0.05, 0) is 43.9 Å². The number of imidazole rings is 1. The average molecular weight is 376 g/mol. The number of aliphatic imine (C=N–C) groups is 1. The summed E-state index contributed by atoms with van der Waals surface area (Å²) in [5.41, 5.74) is 3.25. The summed E-state index contributed by atoms with van der Waals surface area (Å²) >= 11 is 0. The van der Waals surface area contributed by atoms with Crippen molar-refractivity contribution >= 4 is 27.8 Å². The zero-order valence-corrected chi connectivity index (χ0v) is 16.7. The van der Waals surface area contributed by atoms with Crippen molar-refractivity contribution in [2.24, 2.45) is 4.99 Å². The molecule has 0 saturated heterocycles. The van der Waals surface area contributed by atoms with Crippen LogP contribution < -0.4 is 10.6 Å². The number of aromatic amines is 1. The summed E-state index contributed by atoms with van der Waals surface area (Å²) in [6, 6.07) is 6.54. The molecule has 0 amide bonds. The first-order valence-corrected chi connectivity index (χ1v) is 10.8. The quantitative estimate of drug-likeness (QED) is 0.554. The van der Waals surface area contributed by atoms with E-state index in [-0.39, 0.29) is 0 Å². The zero-order valence-electron chi connectivity index (χ0n) is 15.8. The highest BCUT2D eigenvalue weighted by Gasteiger charge is 2.26. The summed E-state index contributed by atoms with van der Waals surface area (Å²) < 4.78 is 12.1. The lowest BCUT2D eigenvalue weighted by atomic mass is 9.95. The molecule has 3 atom stereocenters. The number of benzene rings is 1. The van der Waals surface area contributed by atoms with Crippen LogP contribution in [-0.2, 0) is 17.3 Å². The lowest BCUT2D eigenvalue weighted by molar-refractivity contribution is 0.413. The third-order valence-electron chi connectivity index (χ3n) is 4.96. The Morgan fingerprint density at radius 3 is 3.04 bits per heavy atom. The monoisotopic (exact) mass is 375 g/mol. The molecule has 1 aliphatic rings. The molecular weight excluding hydrogens is 346 g/mol. The molecular formula is C19H29N5OS. The first-order valence-electron chi connectivity index (χ1n) is 9.38. The number of aryl methyl sites for hydroxylation is 1. The Balaban J connectivity index is 1.56. The van der Waals surface area contributed by atoms with Crippen LogP contribution in [-0.4, -0.2) is 44.2 Å². The van der Waals surface area contributed by atoms with Crippen LogP contribution in [0.2, 0.25) is 0 Å². The molecule has 0 aliphatic heterocycles. The summed E-state index contributed by atoms with van der Waals surface area (Å²) in [6.07, 6.45) is 4.24. The van der Waals surface area contributed by atoms with Crippen LogP contribution in [0, 0.1) is 6.92 Å². The van der Waals surface area contributed by atoms with Crippen LogP contribution in [0.1, 0.15) is 44.0 Å². The van der Waals surface area contributed by atoms with Crippen LogP contribution in [0.4, 0.5) is 0 Å². The molecule has 142 valence electrons. The van der Waals surface area contributed by atoms with Crippen molar-refractivity contribution in [2.45, 2.75) is 57.4 Å². The van der Waals surface area contributed by atoms with E-state index in [0.29, 0.717) is 17.8 Å². The molecule has 1 saturated carbocycles. The highest BCUT2D eigenvalue weighted by atomic mass is 32.2. The van der Waals surface area contributed by atoms with Gasteiger partial charge in [-0.25, -0.2) is 4.98 Å². The van der Waals surface area contributed by atoms with Gasteiger partial charge in [-0.3, -0.25) is 9.20 Å². The Bertz CT molecular complexity index is 800. The highest BCUT2D eigenvalue weighted by Crippen LogP contribution is 2.23. The van der Waals surface area contributed by atoms with E-state index in [4.69, 9.17) is 0 Å². The van der Waals surface area contributed by atoms with Gasteiger partial charge in [-0.15, -0.1) is 0 Å². The second-order valence-corrected chi connectivity index (χ2v) is 8.93. The van der Waals surface area contributed by atoms with Crippen LogP contribution in [0.25, 0.3) is 11.0 Å². The minimum absolute atomic E-state index is 0.308. The van der Waals surface area contributed by atoms with Crippen LogP contribution in [0.5, 0.6) is 0 Å². The van der Waals surface area contributed by atoms with Crippen molar-refractivity contribution < 1.29 is 4.21 Å². The molecule has 1 aromatic carbocycles. The maximum atomic E-state index is 12.1. The predicted octanol–water partition coefficient (Wildman–Crippen LogP) is 2.62. The van der Waals surface area contributed by atoms with E-state index >= 15 is 0 Å².